The summed E-state index contributed by atoms with van der Waals surface area (Å²) in [5.41, 5.74) is -1.04. The summed E-state index contributed by atoms with van der Waals surface area (Å²) in [5, 5.41) is 17.3. The summed E-state index contributed by atoms with van der Waals surface area (Å²) in [7, 11) is -3.50. The second-order valence-electron chi connectivity index (χ2n) is 4.49. The lowest BCUT2D eigenvalue weighted by Gasteiger charge is -1.99. The molecule has 0 saturated heterocycles. The summed E-state index contributed by atoms with van der Waals surface area (Å²) in [4.78, 5) is 0. The third-order valence-electron chi connectivity index (χ3n) is 3.52. The van der Waals surface area contributed by atoms with Crippen molar-refractivity contribution in [2.75, 3.05) is 5.75 Å². The minimum absolute atomic E-state index is 0.125. The maximum Gasteiger partial charge on any atom is 0.169 e. The van der Waals surface area contributed by atoms with Crippen molar-refractivity contribution < 1.29 is 12.8 Å². The second kappa shape index (κ2) is 4.32. The highest BCUT2D eigenvalue weighted by atomic mass is 32.2. The fourth-order valence-electron chi connectivity index (χ4n) is 2.43. The quantitative estimate of drug-likeness (QED) is 0.843. The molecule has 2 unspecified atom stereocenters. The van der Waals surface area contributed by atoms with E-state index in [1.807, 2.05) is 12.1 Å². The van der Waals surface area contributed by atoms with Gasteiger partial charge in [-0.15, -0.1) is 0 Å². The topological polar surface area (TPSA) is 81.7 Å². The Morgan fingerprint density at radius 1 is 1.26 bits per heavy atom. The lowest BCUT2D eigenvalue weighted by molar-refractivity contribution is 0.592. The number of hydrogen-bond donors (Lipinski definition) is 0. The molecule has 2 atom stereocenters. The highest BCUT2D eigenvalue weighted by Crippen LogP contribution is 2.62. The molecular formula is C13H11FN2O2S. The van der Waals surface area contributed by atoms with Crippen LogP contribution in [0.4, 0.5) is 4.39 Å². The van der Waals surface area contributed by atoms with Crippen LogP contribution in [0.5, 0.6) is 0 Å². The zero-order chi connectivity index (χ0) is 14.3. The molecule has 0 spiro atoms. The fraction of sp³-hybridized carbons (Fsp3) is 0.385. The Hall–Kier alpha value is -1.92. The number of sulfone groups is 1. The van der Waals surface area contributed by atoms with E-state index in [9.17, 15) is 12.8 Å². The molecule has 0 amide bonds. The molecular weight excluding hydrogens is 267 g/mol. The lowest BCUT2D eigenvalue weighted by atomic mass is 10.0. The van der Waals surface area contributed by atoms with Gasteiger partial charge in [-0.25, -0.2) is 12.8 Å². The van der Waals surface area contributed by atoms with E-state index >= 15 is 0 Å². The van der Waals surface area contributed by atoms with Gasteiger partial charge in [0.2, 0.25) is 0 Å². The van der Waals surface area contributed by atoms with E-state index in [0.29, 0.717) is 5.56 Å². The molecule has 0 radical (unpaired) electrons. The molecule has 4 nitrogen and oxygen atoms in total. The van der Waals surface area contributed by atoms with Gasteiger partial charge < -0.3 is 0 Å². The van der Waals surface area contributed by atoms with Crippen LogP contribution in [-0.4, -0.2) is 19.4 Å². The third-order valence-corrected chi connectivity index (χ3v) is 5.74. The molecule has 1 aromatic carbocycles. The van der Waals surface area contributed by atoms with E-state index in [2.05, 4.69) is 0 Å². The second-order valence-corrected chi connectivity index (χ2v) is 6.90. The molecule has 1 saturated carbocycles. The summed E-state index contributed by atoms with van der Waals surface area (Å²) in [6.07, 6.45) is 0. The molecule has 1 aromatic rings. The fourth-order valence-corrected chi connectivity index (χ4v) is 4.31. The first-order valence-electron chi connectivity index (χ1n) is 5.72. The molecule has 1 fully saturated rings. The number of benzene rings is 1. The highest BCUT2D eigenvalue weighted by Gasteiger charge is 2.72. The minimum atomic E-state index is -3.50. The van der Waals surface area contributed by atoms with Crippen molar-refractivity contribution in [1.29, 1.82) is 10.5 Å². The van der Waals surface area contributed by atoms with Crippen LogP contribution in [0.2, 0.25) is 0 Å². The maximum atomic E-state index is 12.9. The Balaban J connectivity index is 2.50. The van der Waals surface area contributed by atoms with Gasteiger partial charge in [-0.05, 0) is 17.7 Å². The first-order chi connectivity index (χ1) is 8.93. The van der Waals surface area contributed by atoms with Crippen LogP contribution in [0.15, 0.2) is 24.3 Å². The number of nitrogens with zero attached hydrogens (tertiary/aromatic N) is 2. The molecule has 0 aliphatic heterocycles. The predicted molar refractivity (Wildman–Crippen MR) is 66.0 cm³/mol. The smallest absolute Gasteiger partial charge is 0.169 e. The molecule has 0 aromatic heterocycles. The van der Waals surface area contributed by atoms with Gasteiger partial charge in [-0.2, -0.15) is 10.5 Å². The van der Waals surface area contributed by atoms with Gasteiger partial charge in [0, 0.05) is 11.7 Å². The standard InChI is InChI=1S/C13H11FN2O2S/c1-2-19(17,18)12-11(13(12,7-15)8-16)9-3-5-10(14)6-4-9/h3-6,11-12H,2H2,1H3. The molecule has 98 valence electrons. The van der Waals surface area contributed by atoms with E-state index in [-0.39, 0.29) is 5.75 Å². The van der Waals surface area contributed by atoms with Crippen LogP contribution in [0, 0.1) is 33.9 Å². The molecule has 1 aliphatic rings. The van der Waals surface area contributed by atoms with Crippen molar-refractivity contribution in [3.05, 3.63) is 35.6 Å². The molecule has 2 rings (SSSR count). The molecule has 0 heterocycles. The van der Waals surface area contributed by atoms with Gasteiger partial charge in [0.15, 0.2) is 15.3 Å². The Morgan fingerprint density at radius 2 is 1.79 bits per heavy atom. The maximum absolute atomic E-state index is 12.9. The molecule has 6 heteroatoms. The summed E-state index contributed by atoms with van der Waals surface area (Å²) in [6, 6.07) is 8.89. The first kappa shape index (κ1) is 13.5. The van der Waals surface area contributed by atoms with Crippen LogP contribution >= 0.6 is 0 Å². The Bertz CT molecular complexity index is 669. The third kappa shape index (κ3) is 1.89. The van der Waals surface area contributed by atoms with Crippen LogP contribution in [0.25, 0.3) is 0 Å². The van der Waals surface area contributed by atoms with E-state index in [4.69, 9.17) is 10.5 Å². The Labute approximate surface area is 111 Å². The summed E-state index contributed by atoms with van der Waals surface area (Å²) in [5.74, 6) is -1.27. The van der Waals surface area contributed by atoms with Gasteiger partial charge in [0.05, 0.1) is 12.1 Å². The van der Waals surface area contributed by atoms with Crippen molar-refractivity contribution >= 4 is 9.84 Å². The average molecular weight is 278 g/mol. The Morgan fingerprint density at radius 3 is 2.21 bits per heavy atom. The van der Waals surface area contributed by atoms with Gasteiger partial charge in [-0.3, -0.25) is 0 Å². The SMILES string of the molecule is CCS(=O)(=O)C1C(c2ccc(F)cc2)C1(C#N)C#N. The van der Waals surface area contributed by atoms with Crippen LogP contribution < -0.4 is 0 Å². The monoisotopic (exact) mass is 278 g/mol. The average Bonchev–Trinajstić information content (AvgIpc) is 3.10. The van der Waals surface area contributed by atoms with Crippen molar-refractivity contribution in [2.45, 2.75) is 18.1 Å². The van der Waals surface area contributed by atoms with E-state index in [1.54, 1.807) is 0 Å². The minimum Gasteiger partial charge on any atom is -0.228 e. The summed E-state index contributed by atoms with van der Waals surface area (Å²) < 4.78 is 36.8. The number of hydrogen-bond acceptors (Lipinski definition) is 4. The number of rotatable bonds is 3. The molecule has 0 N–H and O–H groups in total. The van der Waals surface area contributed by atoms with E-state index < -0.39 is 32.2 Å². The number of halogens is 1. The largest absolute Gasteiger partial charge is 0.228 e. The highest BCUT2D eigenvalue weighted by molar-refractivity contribution is 7.92. The van der Waals surface area contributed by atoms with Crippen molar-refractivity contribution in [3.63, 3.8) is 0 Å². The van der Waals surface area contributed by atoms with Gasteiger partial charge in [0.1, 0.15) is 11.1 Å². The Kier molecular flexibility index (Phi) is 3.07. The first-order valence-corrected chi connectivity index (χ1v) is 7.44. The van der Waals surface area contributed by atoms with Crippen molar-refractivity contribution in [2.24, 2.45) is 5.41 Å². The van der Waals surface area contributed by atoms with Crippen LogP contribution in [-0.2, 0) is 9.84 Å². The summed E-state index contributed by atoms with van der Waals surface area (Å²) >= 11 is 0. The zero-order valence-electron chi connectivity index (χ0n) is 10.2. The molecule has 19 heavy (non-hydrogen) atoms. The van der Waals surface area contributed by atoms with Crippen LogP contribution in [0.1, 0.15) is 18.4 Å². The van der Waals surface area contributed by atoms with Crippen LogP contribution in [0.3, 0.4) is 0 Å². The van der Waals surface area contributed by atoms with Crippen molar-refractivity contribution in [3.8, 4) is 12.1 Å². The van der Waals surface area contributed by atoms with Crippen molar-refractivity contribution in [1.82, 2.24) is 0 Å². The van der Waals surface area contributed by atoms with Gasteiger partial charge in [-0.1, -0.05) is 19.1 Å². The zero-order valence-corrected chi connectivity index (χ0v) is 11.0. The van der Waals surface area contributed by atoms with Gasteiger partial charge in [0.25, 0.3) is 0 Å². The normalized spacial score (nSPS) is 24.2. The van der Waals surface area contributed by atoms with Gasteiger partial charge >= 0.3 is 0 Å². The lowest BCUT2D eigenvalue weighted by Crippen LogP contribution is -2.15. The summed E-state index contributed by atoms with van der Waals surface area (Å²) in [6.45, 7) is 1.48. The number of nitriles is 2. The molecule has 1 aliphatic carbocycles. The molecule has 0 bridgehead atoms. The predicted octanol–water partition coefficient (Wildman–Crippen LogP) is 1.76. The van der Waals surface area contributed by atoms with E-state index in [1.165, 1.54) is 31.2 Å². The van der Waals surface area contributed by atoms with E-state index in [0.717, 1.165) is 0 Å².